The maximum Gasteiger partial charge on any atom is 0.335 e. The van der Waals surface area contributed by atoms with Crippen molar-refractivity contribution in [2.24, 2.45) is 0 Å². The van der Waals surface area contributed by atoms with Gasteiger partial charge in [0.1, 0.15) is 12.4 Å². The fourth-order valence-corrected chi connectivity index (χ4v) is 6.23. The van der Waals surface area contributed by atoms with E-state index in [0.29, 0.717) is 19.6 Å². The van der Waals surface area contributed by atoms with Crippen LogP contribution in [0.1, 0.15) is 57.5 Å². The Bertz CT molecular complexity index is 1520. The van der Waals surface area contributed by atoms with Gasteiger partial charge in [-0.25, -0.2) is 4.79 Å². The zero-order valence-electron chi connectivity index (χ0n) is 26.6. The molecule has 0 spiro atoms. The minimum Gasteiger partial charge on any atom is -0.492 e. The van der Waals surface area contributed by atoms with E-state index in [-0.39, 0.29) is 12.0 Å². The smallest absolute Gasteiger partial charge is 0.335 e. The first-order chi connectivity index (χ1) is 21.4. The molecule has 0 saturated carbocycles. The van der Waals surface area contributed by atoms with E-state index in [1.165, 1.54) is 46.1 Å². The molecule has 4 aromatic carbocycles. The fraction of sp³-hybridized carbons (Fsp3) is 0.359. The van der Waals surface area contributed by atoms with Crippen molar-refractivity contribution in [1.29, 1.82) is 0 Å². The second-order valence-corrected chi connectivity index (χ2v) is 11.8. The lowest BCUT2D eigenvalue weighted by Gasteiger charge is -2.30. The minimum absolute atomic E-state index is 0.172. The van der Waals surface area contributed by atoms with E-state index in [9.17, 15) is 4.79 Å². The van der Waals surface area contributed by atoms with Gasteiger partial charge in [-0.3, -0.25) is 4.90 Å². The van der Waals surface area contributed by atoms with Crippen LogP contribution in [-0.4, -0.2) is 50.9 Å². The molecule has 0 aromatic heterocycles. The molecule has 0 N–H and O–H groups in total. The van der Waals surface area contributed by atoms with Crippen LogP contribution in [0, 0.1) is 6.92 Å². The van der Waals surface area contributed by atoms with E-state index in [1.807, 2.05) is 24.3 Å². The van der Waals surface area contributed by atoms with E-state index in [1.54, 1.807) is 6.92 Å². The zero-order valence-corrected chi connectivity index (χ0v) is 26.6. The van der Waals surface area contributed by atoms with Crippen molar-refractivity contribution < 1.29 is 19.0 Å². The number of nitrogens with zero attached hydrogens (tertiary/aromatic N) is 1. The Morgan fingerprint density at radius 2 is 1.50 bits per heavy atom. The first-order valence-electron chi connectivity index (χ1n) is 15.8. The van der Waals surface area contributed by atoms with Gasteiger partial charge in [0.15, 0.2) is 6.10 Å². The Hall–Kier alpha value is -3.93. The molecule has 5 nitrogen and oxygen atoms in total. The molecule has 0 fully saturated rings. The lowest BCUT2D eigenvalue weighted by molar-refractivity contribution is -0.154. The van der Waals surface area contributed by atoms with E-state index >= 15 is 0 Å². The largest absolute Gasteiger partial charge is 0.492 e. The van der Waals surface area contributed by atoms with Crippen molar-refractivity contribution in [3.63, 3.8) is 0 Å². The van der Waals surface area contributed by atoms with Gasteiger partial charge in [0, 0.05) is 20.1 Å². The lowest BCUT2D eigenvalue weighted by Crippen LogP contribution is -2.30. The number of likely N-dealkylation sites (N-methyl/N-ethyl adjacent to an activating group) is 1. The fourth-order valence-electron chi connectivity index (χ4n) is 6.23. The van der Waals surface area contributed by atoms with Gasteiger partial charge in [0.2, 0.25) is 0 Å². The molecular formula is C39H45NO4. The predicted octanol–water partition coefficient (Wildman–Crippen LogP) is 7.10. The molecule has 1 aliphatic rings. The Morgan fingerprint density at radius 1 is 0.841 bits per heavy atom. The highest BCUT2D eigenvalue weighted by Crippen LogP contribution is 2.37. The second-order valence-electron chi connectivity index (χ2n) is 11.8. The van der Waals surface area contributed by atoms with Gasteiger partial charge in [-0.15, -0.1) is 0 Å². The number of benzene rings is 4. The van der Waals surface area contributed by atoms with Crippen molar-refractivity contribution >= 4 is 5.97 Å². The highest BCUT2D eigenvalue weighted by molar-refractivity contribution is 5.75. The molecule has 0 radical (unpaired) electrons. The number of hydrogen-bond acceptors (Lipinski definition) is 5. The Labute approximate surface area is 262 Å². The average Bonchev–Trinajstić information content (AvgIpc) is 3.20. The maximum atomic E-state index is 12.1. The number of rotatable bonds is 13. The predicted molar refractivity (Wildman–Crippen MR) is 176 cm³/mol. The summed E-state index contributed by atoms with van der Waals surface area (Å²) in [5.41, 5.74) is 10.8. The molecule has 2 unspecified atom stereocenters. The number of carbonyl (C=O) groups excluding carboxylic acids is 1. The van der Waals surface area contributed by atoms with E-state index in [4.69, 9.17) is 14.2 Å². The van der Waals surface area contributed by atoms with Crippen LogP contribution in [0.2, 0.25) is 0 Å². The number of methoxy groups -OCH3 is 1. The van der Waals surface area contributed by atoms with Crippen LogP contribution >= 0.6 is 0 Å². The third-order valence-electron chi connectivity index (χ3n) is 8.64. The lowest BCUT2D eigenvalue weighted by atomic mass is 9.91. The number of ether oxygens (including phenoxy) is 3. The first-order valence-corrected chi connectivity index (χ1v) is 15.8. The molecule has 0 bridgehead atoms. The van der Waals surface area contributed by atoms with Gasteiger partial charge < -0.3 is 14.2 Å². The first kappa shape index (κ1) is 31.5. The van der Waals surface area contributed by atoms with Gasteiger partial charge in [0.05, 0.1) is 12.6 Å². The van der Waals surface area contributed by atoms with Gasteiger partial charge in [0.25, 0.3) is 0 Å². The number of carbonyl (C=O) groups is 1. The topological polar surface area (TPSA) is 48.0 Å². The highest BCUT2D eigenvalue weighted by Gasteiger charge is 2.27. The van der Waals surface area contributed by atoms with Crippen LogP contribution in [0.25, 0.3) is 0 Å². The Kier molecular flexibility index (Phi) is 10.9. The number of fused-ring (bicyclic) bond motifs is 2. The normalized spacial score (nSPS) is 14.8. The third-order valence-corrected chi connectivity index (χ3v) is 8.64. The van der Waals surface area contributed by atoms with Gasteiger partial charge in [-0.2, -0.15) is 0 Å². The molecule has 0 amide bonds. The summed E-state index contributed by atoms with van der Waals surface area (Å²) < 4.78 is 16.6. The SMILES string of the molecule is CCOC(=O)C(Cc1ccc(OCCN(C)C2c3ccc(C)cc3CCc3cc(CCc4ccccc4)ccc32)cc1)OC. The van der Waals surface area contributed by atoms with Crippen molar-refractivity contribution in [3.8, 4) is 5.75 Å². The van der Waals surface area contributed by atoms with Gasteiger partial charge in [-0.05, 0) is 97.7 Å². The number of hydrogen-bond donors (Lipinski definition) is 0. The molecule has 5 heteroatoms. The van der Waals surface area contributed by atoms with Crippen molar-refractivity contribution in [1.82, 2.24) is 4.90 Å². The molecule has 230 valence electrons. The monoisotopic (exact) mass is 591 g/mol. The summed E-state index contributed by atoms with van der Waals surface area (Å²) in [6, 6.07) is 32.9. The summed E-state index contributed by atoms with van der Waals surface area (Å²) in [6.07, 6.45) is 4.07. The highest BCUT2D eigenvalue weighted by atomic mass is 16.6. The van der Waals surface area contributed by atoms with Crippen LogP contribution in [0.5, 0.6) is 5.75 Å². The molecule has 5 rings (SSSR count). The van der Waals surface area contributed by atoms with Crippen LogP contribution < -0.4 is 4.74 Å². The number of esters is 1. The van der Waals surface area contributed by atoms with Gasteiger partial charge >= 0.3 is 5.97 Å². The van der Waals surface area contributed by atoms with Crippen molar-refractivity contribution in [2.75, 3.05) is 33.9 Å². The Balaban J connectivity index is 1.26. The summed E-state index contributed by atoms with van der Waals surface area (Å²) in [7, 11) is 3.74. The van der Waals surface area contributed by atoms with Crippen LogP contribution in [0.3, 0.4) is 0 Å². The average molecular weight is 592 g/mol. The third kappa shape index (κ3) is 7.96. The summed E-state index contributed by atoms with van der Waals surface area (Å²) in [4.78, 5) is 14.5. The molecule has 0 heterocycles. The van der Waals surface area contributed by atoms with E-state index in [2.05, 4.69) is 85.6 Å². The molecule has 1 aliphatic carbocycles. The number of aryl methyl sites for hydroxylation is 5. The van der Waals surface area contributed by atoms with E-state index < -0.39 is 6.10 Å². The second kappa shape index (κ2) is 15.2. The zero-order chi connectivity index (χ0) is 30.9. The van der Waals surface area contributed by atoms with Crippen molar-refractivity contribution in [3.05, 3.63) is 136 Å². The van der Waals surface area contributed by atoms with Crippen LogP contribution in [0.4, 0.5) is 0 Å². The summed E-state index contributed by atoms with van der Waals surface area (Å²) in [6.45, 7) is 5.68. The molecule has 44 heavy (non-hydrogen) atoms. The summed E-state index contributed by atoms with van der Waals surface area (Å²) in [5, 5.41) is 0. The quantitative estimate of drug-likeness (QED) is 0.155. The van der Waals surface area contributed by atoms with Gasteiger partial charge in [-0.1, -0.05) is 84.4 Å². The maximum absolute atomic E-state index is 12.1. The molecule has 0 aliphatic heterocycles. The molecular weight excluding hydrogens is 546 g/mol. The van der Waals surface area contributed by atoms with Crippen molar-refractivity contribution in [2.45, 2.75) is 58.1 Å². The molecule has 2 atom stereocenters. The van der Waals surface area contributed by atoms with Crippen LogP contribution in [-0.2, 0) is 46.4 Å². The van der Waals surface area contributed by atoms with E-state index in [0.717, 1.165) is 43.5 Å². The Morgan fingerprint density at radius 3 is 2.20 bits per heavy atom. The standard InChI is InChI=1S/C39H45NO4/c1-5-43-39(41)37(42-4)27-31-14-19-34(20-15-31)44-24-23-40(3)38-35-21-11-28(2)25-32(35)17-18-33-26-30(16-22-36(33)38)13-12-29-9-7-6-8-10-29/h6-11,14-16,19-22,25-26,37-38H,5,12-13,17-18,23-24,27H2,1-4H3. The summed E-state index contributed by atoms with van der Waals surface area (Å²) in [5.74, 6) is 0.478. The van der Waals surface area contributed by atoms with Crippen LogP contribution in [0.15, 0.2) is 91.0 Å². The molecule has 4 aromatic rings. The molecule has 0 saturated heterocycles. The summed E-state index contributed by atoms with van der Waals surface area (Å²) >= 11 is 0. The minimum atomic E-state index is -0.607.